The Morgan fingerprint density at radius 3 is 2.17 bits per heavy atom. The monoisotopic (exact) mass is 90.0 g/mol. The molecule has 0 amide bonds. The van der Waals surface area contributed by atoms with Gasteiger partial charge >= 0.3 is 5.97 Å². The summed E-state index contributed by atoms with van der Waals surface area (Å²) < 4.78 is 0. The number of carboxylic acid groups (broad SMARTS) is 1. The third-order valence-corrected chi connectivity index (χ3v) is 0.390. The number of rotatable bonds is 1. The van der Waals surface area contributed by atoms with Crippen molar-refractivity contribution in [1.82, 2.24) is 0 Å². The minimum absolute atomic E-state index is 0.731. The third-order valence-electron chi connectivity index (χ3n) is 0.390. The number of aliphatic carboxylic acids is 1. The van der Waals surface area contributed by atoms with E-state index < -0.39 is 12.0 Å². The molecule has 36 valence electrons. The molecular formula is C3H7NO2. The predicted octanol–water partition coefficient (Wildman–Crippen LogP) is -0.582. The van der Waals surface area contributed by atoms with Crippen molar-refractivity contribution in [2.75, 3.05) is 0 Å². The van der Waals surface area contributed by atoms with Crippen LogP contribution in [0, 0.1) is 0 Å². The fourth-order valence-corrected chi connectivity index (χ4v) is 0. The smallest absolute Gasteiger partial charge is 0.320 e. The van der Waals surface area contributed by atoms with Crippen LogP contribution in [0.4, 0.5) is 0 Å². The van der Waals surface area contributed by atoms with Gasteiger partial charge in [0.25, 0.3) is 0 Å². The molecule has 0 spiro atoms. The highest BCUT2D eigenvalue weighted by molar-refractivity contribution is 5.72. The zero-order chi connectivity index (χ0) is 5.15. The van der Waals surface area contributed by atoms with Crippen molar-refractivity contribution in [2.45, 2.75) is 13.0 Å². The molecule has 0 radical (unpaired) electrons. The summed E-state index contributed by atoms with van der Waals surface area (Å²) in [5.41, 5.74) is 4.84. The van der Waals surface area contributed by atoms with Crippen LogP contribution in [0.1, 0.15) is 6.92 Å². The van der Waals surface area contributed by atoms with Crippen LogP contribution < -0.4 is 5.73 Å². The summed E-state index contributed by atoms with van der Waals surface area (Å²) in [6.07, 6.45) is 0. The van der Waals surface area contributed by atoms with Gasteiger partial charge < -0.3 is 10.8 Å². The maximum absolute atomic E-state index is 9.57. The number of carboxylic acids is 1. The van der Waals surface area contributed by atoms with E-state index in [1.807, 2.05) is 0 Å². The maximum Gasteiger partial charge on any atom is 0.320 e. The van der Waals surface area contributed by atoms with E-state index in [-0.39, 0.29) is 0 Å². The highest BCUT2D eigenvalue weighted by Crippen LogP contribution is 1.68. The first-order chi connectivity index (χ1) is 2.64. The molecule has 0 saturated carbocycles. The summed E-state index contributed by atoms with van der Waals surface area (Å²) in [6, 6.07) is -0.731. The van der Waals surface area contributed by atoms with Gasteiger partial charge in [0.05, 0.1) is 0 Å². The van der Waals surface area contributed by atoms with Gasteiger partial charge in [0, 0.05) is 0 Å². The molecule has 3 N–H and O–H groups in total. The van der Waals surface area contributed by atoms with Crippen molar-refractivity contribution < 1.29 is 9.90 Å². The second kappa shape index (κ2) is 1.77. The topological polar surface area (TPSA) is 63.3 Å². The lowest BCUT2D eigenvalue weighted by molar-refractivity contribution is -0.138. The zero-order valence-corrected chi connectivity index (χ0v) is 3.51. The lowest BCUT2D eigenvalue weighted by atomic mass is 10.4. The molecule has 6 heavy (non-hydrogen) atoms. The van der Waals surface area contributed by atoms with Crippen molar-refractivity contribution in [3.05, 3.63) is 0 Å². The number of hydrogen-bond acceptors (Lipinski definition) is 2. The van der Waals surface area contributed by atoms with Gasteiger partial charge in [0.15, 0.2) is 0 Å². The van der Waals surface area contributed by atoms with E-state index in [1.165, 1.54) is 6.92 Å². The third kappa shape index (κ3) is 1.72. The van der Waals surface area contributed by atoms with E-state index in [0.29, 0.717) is 0 Å². The minimum Gasteiger partial charge on any atom is -0.480 e. The van der Waals surface area contributed by atoms with Gasteiger partial charge in [-0.1, -0.05) is 0 Å². The molecule has 0 aliphatic heterocycles. The summed E-state index contributed by atoms with van der Waals surface area (Å²) in [5, 5.41) is 7.87. The van der Waals surface area contributed by atoms with E-state index >= 15 is 0 Å². The molecular weight excluding hydrogens is 83.0 g/mol. The van der Waals surface area contributed by atoms with Gasteiger partial charge in [-0.25, -0.2) is 0 Å². The Kier molecular flexibility index (Phi) is 1.60. The lowest BCUT2D eigenvalue weighted by Gasteiger charge is -1.90. The largest absolute Gasteiger partial charge is 0.480 e. The van der Waals surface area contributed by atoms with Crippen LogP contribution in [0.5, 0.6) is 0 Å². The summed E-state index contributed by atoms with van der Waals surface area (Å²) >= 11 is 0. The number of nitrogens with two attached hydrogens (primary N) is 1. The molecule has 0 aromatic rings. The molecule has 0 fully saturated rings. The Morgan fingerprint density at radius 1 is 2.00 bits per heavy atom. The van der Waals surface area contributed by atoms with Crippen molar-refractivity contribution in [3.63, 3.8) is 0 Å². The average molecular weight is 90.1 g/mol. The molecule has 3 nitrogen and oxygen atoms in total. The van der Waals surface area contributed by atoms with Gasteiger partial charge in [-0.3, -0.25) is 4.79 Å². The first kappa shape index (κ1) is 5.43. The first-order valence-electron chi connectivity index (χ1n) is 1.63. The molecule has 0 bridgehead atoms. The summed E-state index contributed by atoms with van der Waals surface area (Å²) in [5.74, 6) is -0.963. The summed E-state index contributed by atoms with van der Waals surface area (Å²) in [6.45, 7) is 1.42. The SMILES string of the molecule is CC([15NH2])C(=O)O. The van der Waals surface area contributed by atoms with Crippen LogP contribution in [-0.2, 0) is 4.79 Å². The Bertz CT molecular complexity index is 59.8. The molecule has 0 aromatic carbocycles. The molecule has 1 unspecified atom stereocenters. The Balaban J connectivity index is 3.26. The van der Waals surface area contributed by atoms with E-state index in [2.05, 4.69) is 0 Å². The normalized spacial score (nSPS) is 13.7. The van der Waals surface area contributed by atoms with Crippen LogP contribution >= 0.6 is 0 Å². The average Bonchev–Trinajstić information content (AvgIpc) is 1.36. The molecule has 0 aliphatic rings. The Labute approximate surface area is 35.8 Å². The summed E-state index contributed by atoms with van der Waals surface area (Å²) in [7, 11) is 0. The van der Waals surface area contributed by atoms with Crippen LogP contribution in [0.2, 0.25) is 0 Å². The summed E-state index contributed by atoms with van der Waals surface area (Å²) in [4.78, 5) is 9.57. The zero-order valence-electron chi connectivity index (χ0n) is 3.51. The molecule has 3 heteroatoms. The first-order valence-corrected chi connectivity index (χ1v) is 1.63. The second-order valence-corrected chi connectivity index (χ2v) is 1.13. The number of hydrogen-bond donors (Lipinski definition) is 2. The van der Waals surface area contributed by atoms with Gasteiger partial charge in [-0.15, -0.1) is 0 Å². The second-order valence-electron chi connectivity index (χ2n) is 1.13. The predicted molar refractivity (Wildman–Crippen MR) is 21.3 cm³/mol. The fourth-order valence-electron chi connectivity index (χ4n) is 0. The molecule has 0 aromatic heterocycles. The quantitative estimate of drug-likeness (QED) is 0.423. The van der Waals surface area contributed by atoms with E-state index in [0.717, 1.165) is 0 Å². The Morgan fingerprint density at radius 2 is 2.17 bits per heavy atom. The highest BCUT2D eigenvalue weighted by Gasteiger charge is 1.99. The van der Waals surface area contributed by atoms with E-state index in [1.54, 1.807) is 0 Å². The maximum atomic E-state index is 9.57. The minimum atomic E-state index is -0.963. The van der Waals surface area contributed by atoms with Crippen LogP contribution in [0.3, 0.4) is 0 Å². The van der Waals surface area contributed by atoms with Gasteiger partial charge in [-0.2, -0.15) is 0 Å². The standard InChI is InChI=1S/C3H7NO2/c1-2(4)3(5)6/h2H,4H2,1H3,(H,5,6)/i4+1. The molecule has 0 saturated heterocycles. The molecule has 0 rings (SSSR count). The van der Waals surface area contributed by atoms with Crippen molar-refractivity contribution >= 4 is 5.97 Å². The van der Waals surface area contributed by atoms with E-state index in [9.17, 15) is 4.79 Å². The van der Waals surface area contributed by atoms with Gasteiger partial charge in [0.1, 0.15) is 6.04 Å². The van der Waals surface area contributed by atoms with Crippen LogP contribution in [0.25, 0.3) is 0 Å². The Hall–Kier alpha value is -0.570. The van der Waals surface area contributed by atoms with Crippen molar-refractivity contribution in [3.8, 4) is 0 Å². The van der Waals surface area contributed by atoms with E-state index in [4.69, 9.17) is 10.8 Å². The van der Waals surface area contributed by atoms with Gasteiger partial charge in [-0.05, 0) is 6.92 Å². The van der Waals surface area contributed by atoms with Crippen molar-refractivity contribution in [2.24, 2.45) is 5.73 Å². The highest BCUT2D eigenvalue weighted by atomic mass is 16.4. The molecule has 0 aliphatic carbocycles. The molecule has 1 atom stereocenters. The number of carbonyl (C=O) groups is 1. The lowest BCUT2D eigenvalue weighted by Crippen LogP contribution is -2.25. The van der Waals surface area contributed by atoms with Crippen LogP contribution in [0.15, 0.2) is 0 Å². The van der Waals surface area contributed by atoms with Crippen molar-refractivity contribution in [1.29, 1.82) is 0 Å². The fraction of sp³-hybridized carbons (Fsp3) is 0.667. The molecule has 0 heterocycles. The van der Waals surface area contributed by atoms with Crippen LogP contribution in [-0.4, -0.2) is 17.1 Å². The van der Waals surface area contributed by atoms with Gasteiger partial charge in [0.2, 0.25) is 0 Å².